The average Bonchev–Trinajstić information content (AvgIpc) is 2.45. The van der Waals surface area contributed by atoms with Gasteiger partial charge < -0.3 is 0 Å². The summed E-state index contributed by atoms with van der Waals surface area (Å²) in [5, 5.41) is 3.76. The minimum atomic E-state index is -3.61. The molecule has 0 aliphatic heterocycles. The second-order valence-electron chi connectivity index (χ2n) is 3.39. The summed E-state index contributed by atoms with van der Waals surface area (Å²) >= 11 is 11.5. The molecule has 1 aromatic rings. The van der Waals surface area contributed by atoms with Crippen molar-refractivity contribution in [3.05, 3.63) is 11.2 Å². The predicted octanol–water partition coefficient (Wildman–Crippen LogP) is 1.37. The number of halogens is 2. The van der Waals surface area contributed by atoms with Gasteiger partial charge in [-0.05, 0) is 13.3 Å². The molecule has 5 nitrogen and oxygen atoms in total. The van der Waals surface area contributed by atoms with Gasteiger partial charge in [-0.2, -0.15) is 5.10 Å². The molecule has 1 aromatic heterocycles. The number of rotatable bonds is 5. The van der Waals surface area contributed by atoms with Crippen LogP contribution in [0, 0.1) is 0 Å². The van der Waals surface area contributed by atoms with Crippen LogP contribution in [0.2, 0.25) is 5.02 Å². The minimum absolute atomic E-state index is 0.0311. The van der Waals surface area contributed by atoms with Crippen molar-refractivity contribution in [1.29, 1.82) is 0 Å². The number of aryl methyl sites for hydroxylation is 1. The predicted molar refractivity (Wildman–Crippen MR) is 63.3 cm³/mol. The molecule has 0 fully saturated rings. The highest BCUT2D eigenvalue weighted by molar-refractivity contribution is 7.89. The first-order valence-corrected chi connectivity index (χ1v) is 6.95. The number of nitrogens with one attached hydrogen (secondary N) is 1. The Hall–Kier alpha value is -0.300. The van der Waals surface area contributed by atoms with Crippen molar-refractivity contribution < 1.29 is 8.42 Å². The zero-order valence-corrected chi connectivity index (χ0v) is 11.3. The zero-order chi connectivity index (χ0) is 12.3. The highest BCUT2D eigenvalue weighted by Gasteiger charge is 2.22. The normalized spacial score (nSPS) is 14.0. The molecule has 0 spiro atoms. The van der Waals surface area contributed by atoms with Crippen LogP contribution in [0.25, 0.3) is 0 Å². The molecule has 0 aliphatic carbocycles. The molecule has 0 aromatic carbocycles. The molecule has 1 N–H and O–H groups in total. The lowest BCUT2D eigenvalue weighted by Gasteiger charge is -2.07. The summed E-state index contributed by atoms with van der Waals surface area (Å²) in [6.45, 7) is 2.07. The first-order chi connectivity index (χ1) is 7.34. The molecule has 0 saturated carbocycles. The van der Waals surface area contributed by atoms with Crippen molar-refractivity contribution in [2.75, 3.05) is 6.54 Å². The molecule has 0 bridgehead atoms. The van der Waals surface area contributed by atoms with Crippen LogP contribution in [0.15, 0.2) is 11.2 Å². The Labute approximate surface area is 105 Å². The lowest BCUT2D eigenvalue weighted by molar-refractivity contribution is 0.561. The number of hydrogen-bond donors (Lipinski definition) is 1. The van der Waals surface area contributed by atoms with Crippen molar-refractivity contribution in [3.63, 3.8) is 0 Å². The Morgan fingerprint density at radius 2 is 2.25 bits per heavy atom. The Morgan fingerprint density at radius 1 is 1.62 bits per heavy atom. The van der Waals surface area contributed by atoms with E-state index in [4.69, 9.17) is 23.2 Å². The number of alkyl halides is 1. The highest BCUT2D eigenvalue weighted by Crippen LogP contribution is 2.19. The van der Waals surface area contributed by atoms with Crippen LogP contribution in [0.4, 0.5) is 0 Å². The minimum Gasteiger partial charge on any atom is -0.255 e. The van der Waals surface area contributed by atoms with Crippen LogP contribution in [-0.2, 0) is 17.1 Å². The molecule has 1 unspecified atom stereocenters. The molecule has 0 saturated heterocycles. The number of sulfonamides is 1. The van der Waals surface area contributed by atoms with Gasteiger partial charge in [0, 0.05) is 19.0 Å². The SMILES string of the molecule is CC(Cl)CCNS(=O)(=O)c1c(Cl)cnn1C. The Kier molecular flexibility index (Phi) is 4.61. The van der Waals surface area contributed by atoms with Gasteiger partial charge in [-0.15, -0.1) is 11.6 Å². The molecule has 0 amide bonds. The van der Waals surface area contributed by atoms with E-state index in [2.05, 4.69) is 9.82 Å². The van der Waals surface area contributed by atoms with E-state index < -0.39 is 10.0 Å². The summed E-state index contributed by atoms with van der Waals surface area (Å²) in [5.74, 6) is 0. The van der Waals surface area contributed by atoms with Gasteiger partial charge in [-0.1, -0.05) is 11.6 Å². The van der Waals surface area contributed by atoms with Crippen LogP contribution in [0.5, 0.6) is 0 Å². The third-order valence-corrected chi connectivity index (χ3v) is 4.12. The Morgan fingerprint density at radius 3 is 2.69 bits per heavy atom. The van der Waals surface area contributed by atoms with Crippen LogP contribution >= 0.6 is 23.2 Å². The monoisotopic (exact) mass is 285 g/mol. The fourth-order valence-electron chi connectivity index (χ4n) is 1.16. The largest absolute Gasteiger partial charge is 0.259 e. The number of aromatic nitrogens is 2. The molecular formula is C8H13Cl2N3O2S. The van der Waals surface area contributed by atoms with Crippen LogP contribution in [-0.4, -0.2) is 30.1 Å². The van der Waals surface area contributed by atoms with E-state index in [0.29, 0.717) is 6.42 Å². The fourth-order valence-corrected chi connectivity index (χ4v) is 2.97. The summed E-state index contributed by atoms with van der Waals surface area (Å²) in [6.07, 6.45) is 1.84. The summed E-state index contributed by atoms with van der Waals surface area (Å²) in [5.41, 5.74) is 0. The van der Waals surface area contributed by atoms with Crippen molar-refractivity contribution in [2.45, 2.75) is 23.7 Å². The maximum Gasteiger partial charge on any atom is 0.259 e. The molecule has 1 heterocycles. The zero-order valence-electron chi connectivity index (χ0n) is 8.94. The first-order valence-electron chi connectivity index (χ1n) is 4.66. The van der Waals surface area contributed by atoms with Crippen LogP contribution < -0.4 is 4.72 Å². The molecule has 0 radical (unpaired) electrons. The molecular weight excluding hydrogens is 273 g/mol. The topological polar surface area (TPSA) is 64.0 Å². The van der Waals surface area contributed by atoms with E-state index in [1.54, 1.807) is 6.92 Å². The van der Waals surface area contributed by atoms with E-state index in [9.17, 15) is 8.42 Å². The Balaban J connectivity index is 2.79. The summed E-state index contributed by atoms with van der Waals surface area (Å²) in [6, 6.07) is 0. The van der Waals surface area contributed by atoms with Gasteiger partial charge in [0.2, 0.25) is 0 Å². The molecule has 1 rings (SSSR count). The van der Waals surface area contributed by atoms with Gasteiger partial charge in [0.15, 0.2) is 5.03 Å². The van der Waals surface area contributed by atoms with Gasteiger partial charge in [-0.3, -0.25) is 4.68 Å². The summed E-state index contributed by atoms with van der Waals surface area (Å²) in [7, 11) is -2.10. The Bertz CT molecular complexity index is 436. The molecule has 8 heteroatoms. The molecule has 1 atom stereocenters. The quantitative estimate of drug-likeness (QED) is 0.831. The van der Waals surface area contributed by atoms with Gasteiger partial charge >= 0.3 is 0 Å². The van der Waals surface area contributed by atoms with Crippen LogP contribution in [0.3, 0.4) is 0 Å². The average molecular weight is 286 g/mol. The van der Waals surface area contributed by atoms with E-state index in [1.165, 1.54) is 17.9 Å². The van der Waals surface area contributed by atoms with Gasteiger partial charge in [0.1, 0.15) is 0 Å². The van der Waals surface area contributed by atoms with Crippen molar-refractivity contribution in [3.8, 4) is 0 Å². The second kappa shape index (κ2) is 5.35. The van der Waals surface area contributed by atoms with E-state index in [1.807, 2.05) is 0 Å². The fraction of sp³-hybridized carbons (Fsp3) is 0.625. The number of nitrogens with zero attached hydrogens (tertiary/aromatic N) is 2. The third-order valence-electron chi connectivity index (χ3n) is 1.93. The summed E-state index contributed by atoms with van der Waals surface area (Å²) < 4.78 is 27.3. The molecule has 0 aliphatic rings. The maximum absolute atomic E-state index is 11.8. The second-order valence-corrected chi connectivity index (χ2v) is 6.22. The highest BCUT2D eigenvalue weighted by atomic mass is 35.5. The third kappa shape index (κ3) is 3.35. The molecule has 16 heavy (non-hydrogen) atoms. The van der Waals surface area contributed by atoms with E-state index >= 15 is 0 Å². The first kappa shape index (κ1) is 13.8. The summed E-state index contributed by atoms with van der Waals surface area (Å²) in [4.78, 5) is 0. The van der Waals surface area contributed by atoms with Gasteiger partial charge in [-0.25, -0.2) is 13.1 Å². The van der Waals surface area contributed by atoms with E-state index in [0.717, 1.165) is 0 Å². The standard InChI is InChI=1S/C8H13Cl2N3O2S/c1-6(9)3-4-12-16(14,15)8-7(10)5-11-13(8)2/h5-6,12H,3-4H2,1-2H3. The van der Waals surface area contributed by atoms with Crippen LogP contribution in [0.1, 0.15) is 13.3 Å². The maximum atomic E-state index is 11.8. The van der Waals surface area contributed by atoms with Crippen molar-refractivity contribution in [2.24, 2.45) is 7.05 Å². The van der Waals surface area contributed by atoms with Gasteiger partial charge in [0.25, 0.3) is 10.0 Å². The van der Waals surface area contributed by atoms with Crippen molar-refractivity contribution >= 4 is 33.2 Å². The molecule has 92 valence electrons. The van der Waals surface area contributed by atoms with Crippen molar-refractivity contribution in [1.82, 2.24) is 14.5 Å². The smallest absolute Gasteiger partial charge is 0.255 e. The van der Waals surface area contributed by atoms with Gasteiger partial charge in [0.05, 0.1) is 11.2 Å². The van der Waals surface area contributed by atoms with E-state index in [-0.39, 0.29) is 22.0 Å². The number of hydrogen-bond acceptors (Lipinski definition) is 3. The lowest BCUT2D eigenvalue weighted by atomic mass is 10.3. The lowest BCUT2D eigenvalue weighted by Crippen LogP contribution is -2.28.